The first-order chi connectivity index (χ1) is 17.5. The third-order valence-corrected chi connectivity index (χ3v) is 6.61. The van der Waals surface area contributed by atoms with Crippen LogP contribution in [0.2, 0.25) is 0 Å². The van der Waals surface area contributed by atoms with Crippen molar-refractivity contribution in [2.45, 2.75) is 91.3 Å². The highest BCUT2D eigenvalue weighted by Gasteiger charge is 2.31. The third-order valence-electron chi connectivity index (χ3n) is 6.61. The van der Waals surface area contributed by atoms with Crippen LogP contribution in [0.4, 0.5) is 0 Å². The first-order valence-electron chi connectivity index (χ1n) is 13.6. The molecule has 0 amide bonds. The standard InChI is InChI=1S/C32H44O4/c1-5-7-9-10-13-18-25(3)29(23-8-6-2)30(36-32(34)28-21-16-12-17-22-28)24-26(4)35-31(33)27-19-14-11-15-20-27/h11-22,25-26,29-30H,5-10,23-24H2,1-4H3. The van der Waals surface area contributed by atoms with Gasteiger partial charge in [-0.25, -0.2) is 9.59 Å². The van der Waals surface area contributed by atoms with Crippen molar-refractivity contribution < 1.29 is 19.1 Å². The number of carbonyl (C=O) groups is 2. The summed E-state index contributed by atoms with van der Waals surface area (Å²) in [5, 5.41) is 0. The fourth-order valence-electron chi connectivity index (χ4n) is 4.48. The van der Waals surface area contributed by atoms with Crippen LogP contribution < -0.4 is 0 Å². The van der Waals surface area contributed by atoms with Gasteiger partial charge in [-0.1, -0.05) is 95.0 Å². The van der Waals surface area contributed by atoms with Crippen LogP contribution >= 0.6 is 0 Å². The van der Waals surface area contributed by atoms with Crippen molar-refractivity contribution in [3.05, 3.63) is 83.9 Å². The molecule has 2 rings (SSSR count). The summed E-state index contributed by atoms with van der Waals surface area (Å²) >= 11 is 0. The molecule has 4 heteroatoms. The van der Waals surface area contributed by atoms with Crippen molar-refractivity contribution >= 4 is 11.9 Å². The molecule has 0 fully saturated rings. The number of benzene rings is 2. The lowest BCUT2D eigenvalue weighted by Gasteiger charge is -2.32. The van der Waals surface area contributed by atoms with Crippen molar-refractivity contribution in [3.63, 3.8) is 0 Å². The maximum absolute atomic E-state index is 13.1. The summed E-state index contributed by atoms with van der Waals surface area (Å²) in [4.78, 5) is 25.7. The largest absolute Gasteiger partial charge is 0.459 e. The van der Waals surface area contributed by atoms with Crippen molar-refractivity contribution in [1.82, 2.24) is 0 Å². The lowest BCUT2D eigenvalue weighted by atomic mass is 9.82. The first kappa shape index (κ1) is 29.4. The van der Waals surface area contributed by atoms with E-state index in [4.69, 9.17) is 9.47 Å². The highest BCUT2D eigenvalue weighted by atomic mass is 16.6. The van der Waals surface area contributed by atoms with Gasteiger partial charge in [0.25, 0.3) is 0 Å². The Balaban J connectivity index is 2.20. The number of esters is 2. The van der Waals surface area contributed by atoms with E-state index in [9.17, 15) is 9.59 Å². The molecule has 0 N–H and O–H groups in total. The van der Waals surface area contributed by atoms with Gasteiger partial charge in [-0.05, 0) is 56.4 Å². The molecule has 0 radical (unpaired) electrons. The second kappa shape index (κ2) is 16.7. The Labute approximate surface area is 218 Å². The minimum Gasteiger partial charge on any atom is -0.459 e. The number of rotatable bonds is 16. The summed E-state index contributed by atoms with van der Waals surface area (Å²) in [6, 6.07) is 18.1. The first-order valence-corrected chi connectivity index (χ1v) is 13.6. The minimum absolute atomic E-state index is 0.137. The molecule has 0 saturated carbocycles. The molecular weight excluding hydrogens is 448 g/mol. The molecule has 0 spiro atoms. The Morgan fingerprint density at radius 2 is 1.33 bits per heavy atom. The molecule has 2 aromatic rings. The smallest absolute Gasteiger partial charge is 0.338 e. The molecule has 4 atom stereocenters. The summed E-state index contributed by atoms with van der Waals surface area (Å²) in [5.41, 5.74) is 1.06. The fourth-order valence-corrected chi connectivity index (χ4v) is 4.48. The summed E-state index contributed by atoms with van der Waals surface area (Å²) in [6.07, 6.45) is 12.0. The van der Waals surface area contributed by atoms with E-state index in [1.54, 1.807) is 24.3 Å². The van der Waals surface area contributed by atoms with Gasteiger partial charge in [0.1, 0.15) is 12.2 Å². The average Bonchev–Trinajstić information content (AvgIpc) is 2.89. The van der Waals surface area contributed by atoms with E-state index < -0.39 is 6.10 Å². The predicted octanol–water partition coefficient (Wildman–Crippen LogP) is 8.43. The number of allylic oxidation sites excluding steroid dienone is 2. The maximum Gasteiger partial charge on any atom is 0.338 e. The highest BCUT2D eigenvalue weighted by molar-refractivity contribution is 5.90. The summed E-state index contributed by atoms with van der Waals surface area (Å²) in [6.45, 7) is 8.48. The van der Waals surface area contributed by atoms with Gasteiger partial charge in [0.15, 0.2) is 0 Å². The van der Waals surface area contributed by atoms with Crippen LogP contribution in [-0.2, 0) is 9.47 Å². The molecule has 0 aromatic heterocycles. The zero-order valence-corrected chi connectivity index (χ0v) is 22.5. The van der Waals surface area contributed by atoms with Gasteiger partial charge < -0.3 is 9.47 Å². The molecule has 196 valence electrons. The van der Waals surface area contributed by atoms with Crippen LogP contribution in [0, 0.1) is 11.8 Å². The molecule has 0 saturated heterocycles. The molecule has 0 heterocycles. The van der Waals surface area contributed by atoms with Gasteiger partial charge in [-0.2, -0.15) is 0 Å². The van der Waals surface area contributed by atoms with Crippen LogP contribution in [-0.4, -0.2) is 24.1 Å². The third kappa shape index (κ3) is 10.4. The van der Waals surface area contributed by atoms with E-state index in [2.05, 4.69) is 32.9 Å². The summed E-state index contributed by atoms with van der Waals surface area (Å²) < 4.78 is 11.9. The Hall–Kier alpha value is -2.88. The quantitative estimate of drug-likeness (QED) is 0.134. The molecule has 0 aliphatic heterocycles. The van der Waals surface area contributed by atoms with Crippen LogP contribution in [0.5, 0.6) is 0 Å². The zero-order chi connectivity index (χ0) is 26.2. The van der Waals surface area contributed by atoms with Gasteiger partial charge in [-0.15, -0.1) is 0 Å². The second-order valence-electron chi connectivity index (χ2n) is 9.72. The minimum atomic E-state index is -0.392. The van der Waals surface area contributed by atoms with Gasteiger partial charge in [0.2, 0.25) is 0 Å². The Kier molecular flexibility index (Phi) is 13.6. The van der Waals surface area contributed by atoms with Gasteiger partial charge >= 0.3 is 11.9 Å². The monoisotopic (exact) mass is 492 g/mol. The van der Waals surface area contributed by atoms with Gasteiger partial charge in [0.05, 0.1) is 11.1 Å². The van der Waals surface area contributed by atoms with Crippen molar-refractivity contribution in [2.24, 2.45) is 11.8 Å². The lowest BCUT2D eigenvalue weighted by Crippen LogP contribution is -2.35. The number of hydrogen-bond acceptors (Lipinski definition) is 4. The lowest BCUT2D eigenvalue weighted by molar-refractivity contribution is -0.0193. The van der Waals surface area contributed by atoms with Gasteiger partial charge in [0, 0.05) is 12.3 Å². The second-order valence-corrected chi connectivity index (χ2v) is 9.72. The highest BCUT2D eigenvalue weighted by Crippen LogP contribution is 2.30. The number of unbranched alkanes of at least 4 members (excludes halogenated alkanes) is 4. The Morgan fingerprint density at radius 3 is 1.89 bits per heavy atom. The normalized spacial score (nSPS) is 14.7. The fraction of sp³-hybridized carbons (Fsp3) is 0.500. The number of ether oxygens (including phenoxy) is 2. The van der Waals surface area contributed by atoms with E-state index in [0.717, 1.165) is 25.7 Å². The van der Waals surface area contributed by atoms with Crippen LogP contribution in [0.1, 0.15) is 99.8 Å². The Morgan fingerprint density at radius 1 is 0.778 bits per heavy atom. The number of carbonyl (C=O) groups excluding carboxylic acids is 2. The van der Waals surface area contributed by atoms with E-state index in [0.29, 0.717) is 17.5 Å². The van der Waals surface area contributed by atoms with Crippen molar-refractivity contribution in [3.8, 4) is 0 Å². The van der Waals surface area contributed by atoms with E-state index in [1.807, 2.05) is 43.3 Å². The molecule has 0 aliphatic carbocycles. The van der Waals surface area contributed by atoms with Crippen LogP contribution in [0.15, 0.2) is 72.8 Å². The summed E-state index contributed by atoms with van der Waals surface area (Å²) in [5.74, 6) is -0.310. The molecule has 36 heavy (non-hydrogen) atoms. The molecule has 0 bridgehead atoms. The van der Waals surface area contributed by atoms with Gasteiger partial charge in [-0.3, -0.25) is 0 Å². The van der Waals surface area contributed by atoms with E-state index in [1.165, 1.54) is 19.3 Å². The zero-order valence-electron chi connectivity index (χ0n) is 22.5. The van der Waals surface area contributed by atoms with Crippen molar-refractivity contribution in [2.75, 3.05) is 0 Å². The molecule has 0 aliphatic rings. The molecule has 2 aromatic carbocycles. The maximum atomic E-state index is 13.1. The molecular formula is C32H44O4. The predicted molar refractivity (Wildman–Crippen MR) is 147 cm³/mol. The Bertz CT molecular complexity index is 906. The summed E-state index contributed by atoms with van der Waals surface area (Å²) in [7, 11) is 0. The SMILES string of the molecule is CCCCCC=CC(C)C(CCCC)C(CC(C)OC(=O)c1ccccc1)OC(=O)c1ccccc1. The molecule has 4 nitrogen and oxygen atoms in total. The van der Waals surface area contributed by atoms with Crippen LogP contribution in [0.25, 0.3) is 0 Å². The molecule has 4 unspecified atom stereocenters. The van der Waals surface area contributed by atoms with E-state index in [-0.39, 0.29) is 29.9 Å². The van der Waals surface area contributed by atoms with Crippen LogP contribution in [0.3, 0.4) is 0 Å². The number of hydrogen-bond donors (Lipinski definition) is 0. The van der Waals surface area contributed by atoms with E-state index >= 15 is 0 Å². The topological polar surface area (TPSA) is 52.6 Å². The average molecular weight is 493 g/mol. The van der Waals surface area contributed by atoms with Crippen molar-refractivity contribution in [1.29, 1.82) is 0 Å².